The maximum atomic E-state index is 11.8. The predicted molar refractivity (Wildman–Crippen MR) is 66.0 cm³/mol. The van der Waals surface area contributed by atoms with Gasteiger partial charge in [0.2, 0.25) is 0 Å². The van der Waals surface area contributed by atoms with Crippen LogP contribution in [0.4, 0.5) is 11.4 Å². The summed E-state index contributed by atoms with van der Waals surface area (Å²) in [5.41, 5.74) is -0.218. The van der Waals surface area contributed by atoms with Gasteiger partial charge in [0.25, 0.3) is 11.6 Å². The third kappa shape index (κ3) is 3.18. The number of morpholine rings is 1. The number of carbonyl (C=O) groups is 1. The lowest BCUT2D eigenvalue weighted by atomic mass is 10.2. The van der Waals surface area contributed by atoms with Gasteiger partial charge in [-0.2, -0.15) is 0 Å². The number of nitro benzene ring substituents is 1. The molecule has 1 heterocycles. The maximum Gasteiger partial charge on any atom is 0.271 e. The number of phenolic OH excluding ortho intramolecular Hbond substituents is 1. The summed E-state index contributed by atoms with van der Waals surface area (Å²) in [5.74, 6) is -0.689. The van der Waals surface area contributed by atoms with Gasteiger partial charge in [0.15, 0.2) is 0 Å². The molecule has 0 bridgehead atoms. The number of amides is 1. The Morgan fingerprint density at radius 1 is 1.58 bits per heavy atom. The number of ether oxygens (including phenoxy) is 1. The molecular weight excluding hydrogens is 254 g/mol. The van der Waals surface area contributed by atoms with E-state index in [2.05, 4.69) is 10.6 Å². The van der Waals surface area contributed by atoms with Gasteiger partial charge in [-0.1, -0.05) is 0 Å². The number of hydrogen-bond donors (Lipinski definition) is 3. The first-order valence-corrected chi connectivity index (χ1v) is 5.68. The molecule has 19 heavy (non-hydrogen) atoms. The van der Waals surface area contributed by atoms with Gasteiger partial charge in [0.05, 0.1) is 17.2 Å². The first-order valence-electron chi connectivity index (χ1n) is 5.68. The monoisotopic (exact) mass is 267 g/mol. The molecule has 1 amide bonds. The zero-order valence-corrected chi connectivity index (χ0v) is 9.96. The number of rotatable bonds is 3. The second-order valence-corrected chi connectivity index (χ2v) is 4.01. The molecule has 8 nitrogen and oxygen atoms in total. The average Bonchev–Trinajstić information content (AvgIpc) is 2.42. The first kappa shape index (κ1) is 13.2. The molecule has 1 aliphatic heterocycles. The predicted octanol–water partition coefficient (Wildman–Crippen LogP) is 0.227. The van der Waals surface area contributed by atoms with E-state index in [1.54, 1.807) is 0 Å². The number of non-ortho nitro benzene ring substituents is 1. The Morgan fingerprint density at radius 2 is 2.37 bits per heavy atom. The topological polar surface area (TPSA) is 114 Å². The van der Waals surface area contributed by atoms with Crippen molar-refractivity contribution in [2.75, 3.05) is 25.0 Å². The van der Waals surface area contributed by atoms with E-state index in [4.69, 9.17) is 4.74 Å². The van der Waals surface area contributed by atoms with E-state index in [0.717, 1.165) is 18.2 Å². The number of benzene rings is 1. The second-order valence-electron chi connectivity index (χ2n) is 4.01. The number of nitro groups is 1. The lowest BCUT2D eigenvalue weighted by Gasteiger charge is -2.22. The molecule has 0 aromatic heterocycles. The Balaban J connectivity index is 2.11. The van der Waals surface area contributed by atoms with Gasteiger partial charge in [-0.25, -0.2) is 0 Å². The molecule has 0 radical (unpaired) electrons. The molecule has 1 atom stereocenters. The quantitative estimate of drug-likeness (QED) is 0.410. The van der Waals surface area contributed by atoms with E-state index in [1.807, 2.05) is 0 Å². The molecule has 1 fully saturated rings. The highest BCUT2D eigenvalue weighted by molar-refractivity contribution is 5.96. The molecule has 1 aromatic rings. The summed E-state index contributed by atoms with van der Waals surface area (Å²) in [4.78, 5) is 21.9. The lowest BCUT2D eigenvalue weighted by molar-refractivity contribution is -0.384. The molecule has 1 aliphatic rings. The molecule has 0 spiro atoms. The van der Waals surface area contributed by atoms with Crippen molar-refractivity contribution >= 4 is 17.3 Å². The molecule has 0 saturated carbocycles. The SMILES string of the molecule is O=C(Nc1cc([N+](=O)[O-])ccc1O)C1CNCCO1. The number of carbonyl (C=O) groups excluding carboxylic acids is 1. The molecular formula is C11H13N3O5. The zero-order valence-electron chi connectivity index (χ0n) is 9.96. The van der Waals surface area contributed by atoms with Crippen LogP contribution in [0.2, 0.25) is 0 Å². The number of anilines is 1. The number of aromatic hydroxyl groups is 1. The Hall–Kier alpha value is -2.19. The molecule has 3 N–H and O–H groups in total. The Kier molecular flexibility index (Phi) is 3.93. The van der Waals surface area contributed by atoms with E-state index in [0.29, 0.717) is 19.7 Å². The van der Waals surface area contributed by atoms with E-state index < -0.39 is 16.9 Å². The second kappa shape index (κ2) is 5.63. The summed E-state index contributed by atoms with van der Waals surface area (Å²) in [6.07, 6.45) is -0.674. The van der Waals surface area contributed by atoms with Crippen LogP contribution >= 0.6 is 0 Å². The molecule has 8 heteroatoms. The molecule has 1 unspecified atom stereocenters. The number of hydrogen-bond acceptors (Lipinski definition) is 6. The molecule has 1 aromatic carbocycles. The summed E-state index contributed by atoms with van der Waals surface area (Å²) in [6.45, 7) is 1.45. The van der Waals surface area contributed by atoms with Crippen LogP contribution in [0, 0.1) is 10.1 Å². The van der Waals surface area contributed by atoms with Crippen molar-refractivity contribution in [1.29, 1.82) is 0 Å². The minimum absolute atomic E-state index is 0.00614. The minimum Gasteiger partial charge on any atom is -0.506 e. The highest BCUT2D eigenvalue weighted by Crippen LogP contribution is 2.27. The highest BCUT2D eigenvalue weighted by atomic mass is 16.6. The third-order valence-corrected chi connectivity index (χ3v) is 2.67. The normalized spacial score (nSPS) is 18.8. The summed E-state index contributed by atoms with van der Waals surface area (Å²) in [5, 5.41) is 25.6. The van der Waals surface area contributed by atoms with Gasteiger partial charge in [0.1, 0.15) is 11.9 Å². The van der Waals surface area contributed by atoms with Gasteiger partial charge >= 0.3 is 0 Å². The lowest BCUT2D eigenvalue weighted by Crippen LogP contribution is -2.45. The fraction of sp³-hybridized carbons (Fsp3) is 0.364. The van der Waals surface area contributed by atoms with Crippen molar-refractivity contribution in [3.63, 3.8) is 0 Å². The Labute approximate surface area is 108 Å². The van der Waals surface area contributed by atoms with Crippen molar-refractivity contribution in [1.82, 2.24) is 5.32 Å². The third-order valence-electron chi connectivity index (χ3n) is 2.67. The van der Waals surface area contributed by atoms with Crippen LogP contribution in [0.15, 0.2) is 18.2 Å². The fourth-order valence-corrected chi connectivity index (χ4v) is 1.68. The van der Waals surface area contributed by atoms with E-state index >= 15 is 0 Å². The van der Waals surface area contributed by atoms with Crippen LogP contribution in [0.5, 0.6) is 5.75 Å². The van der Waals surface area contributed by atoms with Crippen molar-refractivity contribution in [3.05, 3.63) is 28.3 Å². The smallest absolute Gasteiger partial charge is 0.271 e. The van der Waals surface area contributed by atoms with E-state index in [1.165, 1.54) is 0 Å². The number of nitrogens with zero attached hydrogens (tertiary/aromatic N) is 1. The molecule has 2 rings (SSSR count). The molecule has 1 saturated heterocycles. The number of nitrogens with one attached hydrogen (secondary N) is 2. The Morgan fingerprint density at radius 3 is 3.00 bits per heavy atom. The van der Waals surface area contributed by atoms with Crippen LogP contribution < -0.4 is 10.6 Å². The van der Waals surface area contributed by atoms with E-state index in [9.17, 15) is 20.0 Å². The molecule has 102 valence electrons. The van der Waals surface area contributed by atoms with Crippen molar-refractivity contribution in [2.24, 2.45) is 0 Å². The van der Waals surface area contributed by atoms with Crippen LogP contribution in [-0.2, 0) is 9.53 Å². The van der Waals surface area contributed by atoms with Crippen LogP contribution in [0.1, 0.15) is 0 Å². The fourth-order valence-electron chi connectivity index (χ4n) is 1.68. The molecule has 0 aliphatic carbocycles. The summed E-state index contributed by atoms with van der Waals surface area (Å²) >= 11 is 0. The largest absolute Gasteiger partial charge is 0.506 e. The first-order chi connectivity index (χ1) is 9.08. The summed E-state index contributed by atoms with van der Waals surface area (Å²) in [7, 11) is 0. The van der Waals surface area contributed by atoms with Crippen LogP contribution in [-0.4, -0.2) is 41.7 Å². The van der Waals surface area contributed by atoms with E-state index in [-0.39, 0.29) is 17.1 Å². The van der Waals surface area contributed by atoms with Gasteiger partial charge in [0, 0.05) is 25.2 Å². The van der Waals surface area contributed by atoms with Crippen LogP contribution in [0.3, 0.4) is 0 Å². The standard InChI is InChI=1S/C11H13N3O5/c15-9-2-1-7(14(17)18)5-8(9)13-11(16)10-6-12-3-4-19-10/h1-2,5,10,12,15H,3-4,6H2,(H,13,16). The average molecular weight is 267 g/mol. The minimum atomic E-state index is -0.674. The van der Waals surface area contributed by atoms with Gasteiger partial charge in [-0.3, -0.25) is 14.9 Å². The zero-order chi connectivity index (χ0) is 13.8. The summed E-state index contributed by atoms with van der Waals surface area (Å²) in [6, 6.07) is 3.42. The van der Waals surface area contributed by atoms with Crippen molar-refractivity contribution in [3.8, 4) is 5.75 Å². The van der Waals surface area contributed by atoms with Crippen LogP contribution in [0.25, 0.3) is 0 Å². The van der Waals surface area contributed by atoms with Gasteiger partial charge in [-0.05, 0) is 6.07 Å². The Bertz CT molecular complexity index is 499. The maximum absolute atomic E-state index is 11.8. The highest BCUT2D eigenvalue weighted by Gasteiger charge is 2.23. The van der Waals surface area contributed by atoms with Crippen molar-refractivity contribution in [2.45, 2.75) is 6.10 Å². The van der Waals surface area contributed by atoms with Gasteiger partial charge < -0.3 is 20.5 Å². The summed E-state index contributed by atoms with van der Waals surface area (Å²) < 4.78 is 5.24. The van der Waals surface area contributed by atoms with Crippen molar-refractivity contribution < 1.29 is 19.6 Å². The number of phenols is 1. The van der Waals surface area contributed by atoms with Gasteiger partial charge in [-0.15, -0.1) is 0 Å².